The first kappa shape index (κ1) is 12.9. The molecule has 1 aliphatic rings. The molecule has 1 heterocycles. The highest BCUT2D eigenvalue weighted by atomic mass is 16.8. The van der Waals surface area contributed by atoms with Gasteiger partial charge in [0.2, 0.25) is 5.79 Å². The molecule has 1 rings (SSSR count). The lowest BCUT2D eigenvalue weighted by molar-refractivity contribution is -0.240. The van der Waals surface area contributed by atoms with Gasteiger partial charge in [-0.05, 0) is 27.7 Å². The lowest BCUT2D eigenvalue weighted by Crippen LogP contribution is -2.43. The molecule has 0 aromatic heterocycles. The molecule has 1 fully saturated rings. The maximum Gasteiger partial charge on any atom is 0.216 e. The molecule has 0 aromatic rings. The van der Waals surface area contributed by atoms with E-state index in [0.717, 1.165) is 0 Å². The van der Waals surface area contributed by atoms with Crippen LogP contribution in [0.2, 0.25) is 0 Å². The predicted octanol–water partition coefficient (Wildman–Crippen LogP) is 1.58. The van der Waals surface area contributed by atoms with Crippen molar-refractivity contribution in [1.82, 2.24) is 0 Å². The van der Waals surface area contributed by atoms with Crippen molar-refractivity contribution in [2.75, 3.05) is 26.9 Å². The molecule has 1 atom stereocenters. The Balaban J connectivity index is 2.56. The first-order chi connectivity index (χ1) is 6.89. The van der Waals surface area contributed by atoms with Crippen molar-refractivity contribution >= 4 is 0 Å². The number of methoxy groups -OCH3 is 1. The molecule has 90 valence electrons. The van der Waals surface area contributed by atoms with E-state index in [-0.39, 0.29) is 11.7 Å². The summed E-state index contributed by atoms with van der Waals surface area (Å²) in [7, 11) is 1.63. The Kier molecular flexibility index (Phi) is 4.12. The molecular formula is C11H22O4. The third-order valence-electron chi connectivity index (χ3n) is 2.15. The minimum atomic E-state index is -0.734. The van der Waals surface area contributed by atoms with Gasteiger partial charge in [0, 0.05) is 7.11 Å². The minimum Gasteiger partial charge on any atom is -0.379 e. The zero-order valence-electron chi connectivity index (χ0n) is 10.3. The first-order valence-electron chi connectivity index (χ1n) is 5.34. The molecule has 0 saturated carbocycles. The molecule has 0 radical (unpaired) electrons. The SMILES string of the molecule is COCC1(COC(C)C)OCC(C)(C)O1. The summed E-state index contributed by atoms with van der Waals surface area (Å²) < 4.78 is 22.2. The van der Waals surface area contributed by atoms with E-state index in [2.05, 4.69) is 0 Å². The fourth-order valence-corrected chi connectivity index (χ4v) is 1.57. The largest absolute Gasteiger partial charge is 0.379 e. The molecule has 4 nitrogen and oxygen atoms in total. The van der Waals surface area contributed by atoms with Gasteiger partial charge in [-0.3, -0.25) is 0 Å². The van der Waals surface area contributed by atoms with Gasteiger partial charge < -0.3 is 18.9 Å². The summed E-state index contributed by atoms with van der Waals surface area (Å²) in [6.07, 6.45) is 0.162. The molecule has 15 heavy (non-hydrogen) atoms. The lowest BCUT2D eigenvalue weighted by Gasteiger charge is -2.29. The Bertz CT molecular complexity index is 203. The van der Waals surface area contributed by atoms with Crippen LogP contribution in [0.1, 0.15) is 27.7 Å². The molecular weight excluding hydrogens is 196 g/mol. The van der Waals surface area contributed by atoms with Gasteiger partial charge >= 0.3 is 0 Å². The first-order valence-corrected chi connectivity index (χ1v) is 5.34. The number of hydrogen-bond donors (Lipinski definition) is 0. The average molecular weight is 218 g/mol. The van der Waals surface area contributed by atoms with E-state index in [1.807, 2.05) is 27.7 Å². The Hall–Kier alpha value is -0.160. The molecule has 1 aliphatic heterocycles. The Labute approximate surface area is 91.8 Å². The smallest absolute Gasteiger partial charge is 0.216 e. The molecule has 0 spiro atoms. The quantitative estimate of drug-likeness (QED) is 0.702. The molecule has 0 aliphatic carbocycles. The van der Waals surface area contributed by atoms with Crippen molar-refractivity contribution in [3.8, 4) is 0 Å². The number of hydrogen-bond acceptors (Lipinski definition) is 4. The molecule has 0 aromatic carbocycles. The maximum atomic E-state index is 5.86. The Morgan fingerprint density at radius 3 is 2.33 bits per heavy atom. The summed E-state index contributed by atoms with van der Waals surface area (Å²) in [5.74, 6) is -0.734. The van der Waals surface area contributed by atoms with Crippen molar-refractivity contribution in [2.24, 2.45) is 0 Å². The third kappa shape index (κ3) is 3.72. The molecule has 1 saturated heterocycles. The number of rotatable bonds is 5. The van der Waals surface area contributed by atoms with E-state index in [1.54, 1.807) is 7.11 Å². The van der Waals surface area contributed by atoms with E-state index < -0.39 is 5.79 Å². The molecule has 4 heteroatoms. The zero-order chi connectivity index (χ0) is 11.5. The van der Waals surface area contributed by atoms with Crippen LogP contribution in [0.25, 0.3) is 0 Å². The van der Waals surface area contributed by atoms with Gasteiger partial charge in [-0.2, -0.15) is 0 Å². The summed E-state index contributed by atoms with van der Waals surface area (Å²) in [5, 5.41) is 0. The second-order valence-electron chi connectivity index (χ2n) is 4.85. The summed E-state index contributed by atoms with van der Waals surface area (Å²) in [4.78, 5) is 0. The fraction of sp³-hybridized carbons (Fsp3) is 1.00. The van der Waals surface area contributed by atoms with Crippen LogP contribution in [0.15, 0.2) is 0 Å². The van der Waals surface area contributed by atoms with Crippen molar-refractivity contribution < 1.29 is 18.9 Å². The van der Waals surface area contributed by atoms with Crippen LogP contribution >= 0.6 is 0 Å². The van der Waals surface area contributed by atoms with Crippen LogP contribution in [0.5, 0.6) is 0 Å². The van der Waals surface area contributed by atoms with Gasteiger partial charge in [0.05, 0.1) is 18.3 Å². The summed E-state index contributed by atoms with van der Waals surface area (Å²) in [6.45, 7) is 9.34. The van der Waals surface area contributed by atoms with Crippen molar-refractivity contribution in [3.05, 3.63) is 0 Å². The summed E-state index contributed by atoms with van der Waals surface area (Å²) >= 11 is 0. The van der Waals surface area contributed by atoms with Gasteiger partial charge in [0.25, 0.3) is 0 Å². The molecule has 0 bridgehead atoms. The van der Waals surface area contributed by atoms with Crippen LogP contribution < -0.4 is 0 Å². The monoisotopic (exact) mass is 218 g/mol. The van der Waals surface area contributed by atoms with Crippen molar-refractivity contribution in [2.45, 2.75) is 45.2 Å². The highest BCUT2D eigenvalue weighted by molar-refractivity contribution is 4.84. The standard InChI is InChI=1S/C11H22O4/c1-9(2)13-8-11(7-12-5)14-6-10(3,4)15-11/h9H,6-8H2,1-5H3. The van der Waals surface area contributed by atoms with Crippen molar-refractivity contribution in [3.63, 3.8) is 0 Å². The highest BCUT2D eigenvalue weighted by Gasteiger charge is 2.46. The average Bonchev–Trinajstić information content (AvgIpc) is 2.40. The molecule has 0 amide bonds. The normalized spacial score (nSPS) is 30.0. The van der Waals surface area contributed by atoms with Crippen LogP contribution in [-0.2, 0) is 18.9 Å². The highest BCUT2D eigenvalue weighted by Crippen LogP contribution is 2.31. The van der Waals surface area contributed by atoms with Gasteiger partial charge in [0.1, 0.15) is 13.2 Å². The zero-order valence-corrected chi connectivity index (χ0v) is 10.3. The van der Waals surface area contributed by atoms with E-state index in [1.165, 1.54) is 0 Å². The second kappa shape index (κ2) is 4.78. The van der Waals surface area contributed by atoms with Crippen molar-refractivity contribution in [1.29, 1.82) is 0 Å². The Morgan fingerprint density at radius 2 is 1.93 bits per heavy atom. The van der Waals surface area contributed by atoms with E-state index in [9.17, 15) is 0 Å². The second-order valence-corrected chi connectivity index (χ2v) is 4.85. The topological polar surface area (TPSA) is 36.9 Å². The molecule has 0 N–H and O–H groups in total. The number of ether oxygens (including phenoxy) is 4. The van der Waals surface area contributed by atoms with Crippen LogP contribution in [0.3, 0.4) is 0 Å². The van der Waals surface area contributed by atoms with Crippen LogP contribution in [-0.4, -0.2) is 44.4 Å². The van der Waals surface area contributed by atoms with Crippen LogP contribution in [0.4, 0.5) is 0 Å². The van der Waals surface area contributed by atoms with Gasteiger partial charge in [-0.15, -0.1) is 0 Å². The van der Waals surface area contributed by atoms with E-state index in [4.69, 9.17) is 18.9 Å². The Morgan fingerprint density at radius 1 is 1.27 bits per heavy atom. The lowest BCUT2D eigenvalue weighted by atomic mass is 10.2. The maximum absolute atomic E-state index is 5.86. The third-order valence-corrected chi connectivity index (χ3v) is 2.15. The van der Waals surface area contributed by atoms with Gasteiger partial charge in [-0.1, -0.05) is 0 Å². The van der Waals surface area contributed by atoms with E-state index in [0.29, 0.717) is 19.8 Å². The predicted molar refractivity (Wildman–Crippen MR) is 56.8 cm³/mol. The van der Waals surface area contributed by atoms with Crippen LogP contribution in [0, 0.1) is 0 Å². The van der Waals surface area contributed by atoms with Gasteiger partial charge in [-0.25, -0.2) is 0 Å². The summed E-state index contributed by atoms with van der Waals surface area (Å²) in [6, 6.07) is 0. The van der Waals surface area contributed by atoms with E-state index >= 15 is 0 Å². The fourth-order valence-electron chi connectivity index (χ4n) is 1.57. The molecule has 1 unspecified atom stereocenters. The minimum absolute atomic E-state index is 0.162. The van der Waals surface area contributed by atoms with Gasteiger partial charge in [0.15, 0.2) is 0 Å². The summed E-state index contributed by atoms with van der Waals surface area (Å²) in [5.41, 5.74) is -0.265.